The summed E-state index contributed by atoms with van der Waals surface area (Å²) in [4.78, 5) is 11.2. The van der Waals surface area contributed by atoms with Gasteiger partial charge in [0, 0.05) is 13.0 Å². The van der Waals surface area contributed by atoms with Gasteiger partial charge in [-0.2, -0.15) is 0 Å². The average molecular weight is 359 g/mol. The standard InChI is InChI=1S/C18H34O5Si/c1-7-14(22-17-10-8-9-11-21-17)12-15(13-16(19)20)23-24(5,6)18(2,3)4/h7,14-15,17H,1,8-13H2,2-6H3,(H,19,20)/t14-,15+,17?/m1/s1. The molecule has 1 heterocycles. The molecule has 24 heavy (non-hydrogen) atoms. The zero-order valence-electron chi connectivity index (χ0n) is 15.8. The second-order valence-electron chi connectivity index (χ2n) is 8.04. The van der Waals surface area contributed by atoms with Gasteiger partial charge in [0.1, 0.15) is 0 Å². The maximum Gasteiger partial charge on any atom is 0.305 e. The molecule has 0 saturated carbocycles. The van der Waals surface area contributed by atoms with E-state index in [9.17, 15) is 9.90 Å². The van der Waals surface area contributed by atoms with Gasteiger partial charge in [0.05, 0.1) is 18.6 Å². The van der Waals surface area contributed by atoms with E-state index < -0.39 is 14.3 Å². The number of aliphatic carboxylic acids is 1. The summed E-state index contributed by atoms with van der Waals surface area (Å²) in [5, 5.41) is 9.26. The summed E-state index contributed by atoms with van der Waals surface area (Å²) in [6.07, 6.45) is 4.35. The van der Waals surface area contributed by atoms with Gasteiger partial charge in [-0.3, -0.25) is 4.79 Å². The van der Waals surface area contributed by atoms with E-state index in [1.165, 1.54) is 0 Å². The van der Waals surface area contributed by atoms with Crippen LogP contribution in [-0.2, 0) is 18.7 Å². The first kappa shape index (κ1) is 21.3. The number of carbonyl (C=O) groups is 1. The number of carboxylic acids is 1. The topological polar surface area (TPSA) is 65.0 Å². The minimum atomic E-state index is -2.05. The largest absolute Gasteiger partial charge is 0.481 e. The molecule has 0 spiro atoms. The molecule has 1 rings (SSSR count). The first-order valence-electron chi connectivity index (χ1n) is 8.84. The van der Waals surface area contributed by atoms with Crippen molar-refractivity contribution in [2.45, 2.75) is 89.5 Å². The van der Waals surface area contributed by atoms with Crippen molar-refractivity contribution in [3.8, 4) is 0 Å². The first-order valence-corrected chi connectivity index (χ1v) is 11.7. The Bertz CT molecular complexity index is 410. The lowest BCUT2D eigenvalue weighted by Gasteiger charge is -2.39. The number of rotatable bonds is 9. The smallest absolute Gasteiger partial charge is 0.305 e. The summed E-state index contributed by atoms with van der Waals surface area (Å²) >= 11 is 0. The van der Waals surface area contributed by atoms with Crippen LogP contribution < -0.4 is 0 Å². The number of carboxylic acid groups (broad SMARTS) is 1. The van der Waals surface area contributed by atoms with Crippen molar-refractivity contribution >= 4 is 14.3 Å². The van der Waals surface area contributed by atoms with Gasteiger partial charge in [-0.1, -0.05) is 26.8 Å². The zero-order chi connectivity index (χ0) is 18.4. The molecule has 1 saturated heterocycles. The molecule has 5 nitrogen and oxygen atoms in total. The molecule has 1 unspecified atom stereocenters. The summed E-state index contributed by atoms with van der Waals surface area (Å²) in [5.41, 5.74) is 0. The molecule has 0 aromatic heterocycles. The lowest BCUT2D eigenvalue weighted by molar-refractivity contribution is -0.182. The summed E-state index contributed by atoms with van der Waals surface area (Å²) in [7, 11) is -2.05. The maximum absolute atomic E-state index is 11.2. The summed E-state index contributed by atoms with van der Waals surface area (Å²) in [6, 6.07) is 0. The van der Waals surface area contributed by atoms with Crippen molar-refractivity contribution in [1.82, 2.24) is 0 Å². The van der Waals surface area contributed by atoms with Crippen LogP contribution in [0.15, 0.2) is 12.7 Å². The van der Waals surface area contributed by atoms with Crippen molar-refractivity contribution < 1.29 is 23.8 Å². The maximum atomic E-state index is 11.2. The fourth-order valence-electron chi connectivity index (χ4n) is 2.44. The van der Waals surface area contributed by atoms with Gasteiger partial charge < -0.3 is 19.0 Å². The highest BCUT2D eigenvalue weighted by Gasteiger charge is 2.40. The molecule has 1 fully saturated rings. The SMILES string of the molecule is C=C[C@H](C[C@@H](CC(=O)O)O[Si](C)(C)C(C)(C)C)OC1CCCCO1. The van der Waals surface area contributed by atoms with Gasteiger partial charge in [-0.05, 0) is 37.4 Å². The quantitative estimate of drug-likeness (QED) is 0.490. The summed E-state index contributed by atoms with van der Waals surface area (Å²) in [5.74, 6) is -0.851. The molecule has 3 atom stereocenters. The van der Waals surface area contributed by atoms with Crippen molar-refractivity contribution in [2.75, 3.05) is 6.61 Å². The van der Waals surface area contributed by atoms with E-state index in [0.717, 1.165) is 19.3 Å². The van der Waals surface area contributed by atoms with Gasteiger partial charge in [0.15, 0.2) is 14.6 Å². The number of hydrogen-bond donors (Lipinski definition) is 1. The zero-order valence-corrected chi connectivity index (χ0v) is 16.8. The molecule has 0 aromatic carbocycles. The summed E-state index contributed by atoms with van der Waals surface area (Å²) < 4.78 is 17.9. The molecule has 0 aromatic rings. The lowest BCUT2D eigenvalue weighted by atomic mass is 10.1. The van der Waals surface area contributed by atoms with Crippen LogP contribution in [-0.4, -0.2) is 44.5 Å². The second kappa shape index (κ2) is 9.13. The summed E-state index contributed by atoms with van der Waals surface area (Å²) in [6.45, 7) is 15.3. The third kappa shape index (κ3) is 7.05. The first-order chi connectivity index (χ1) is 11.0. The third-order valence-corrected chi connectivity index (χ3v) is 9.43. The Kier molecular flexibility index (Phi) is 8.12. The van der Waals surface area contributed by atoms with Crippen LogP contribution in [0.25, 0.3) is 0 Å². The van der Waals surface area contributed by atoms with Crippen molar-refractivity contribution in [3.63, 3.8) is 0 Å². The number of ether oxygens (including phenoxy) is 2. The van der Waals surface area contributed by atoms with Crippen molar-refractivity contribution in [3.05, 3.63) is 12.7 Å². The minimum Gasteiger partial charge on any atom is -0.481 e. The molecule has 0 bridgehead atoms. The highest BCUT2D eigenvalue weighted by molar-refractivity contribution is 6.74. The van der Waals surface area contributed by atoms with Crippen LogP contribution in [0.5, 0.6) is 0 Å². The van der Waals surface area contributed by atoms with Gasteiger partial charge in [-0.15, -0.1) is 6.58 Å². The van der Waals surface area contributed by atoms with E-state index in [2.05, 4.69) is 40.4 Å². The molecule has 1 aliphatic rings. The van der Waals surface area contributed by atoms with Gasteiger partial charge in [-0.25, -0.2) is 0 Å². The van der Waals surface area contributed by atoms with Crippen LogP contribution in [0, 0.1) is 0 Å². The Morgan fingerprint density at radius 1 is 1.42 bits per heavy atom. The Morgan fingerprint density at radius 2 is 2.08 bits per heavy atom. The van der Waals surface area contributed by atoms with Crippen molar-refractivity contribution in [1.29, 1.82) is 0 Å². The van der Waals surface area contributed by atoms with E-state index in [0.29, 0.717) is 13.0 Å². The Balaban J connectivity index is 2.71. The molecule has 0 amide bonds. The lowest BCUT2D eigenvalue weighted by Crippen LogP contribution is -2.45. The Morgan fingerprint density at radius 3 is 2.54 bits per heavy atom. The van der Waals surface area contributed by atoms with Crippen LogP contribution >= 0.6 is 0 Å². The number of hydrogen-bond acceptors (Lipinski definition) is 4. The fraction of sp³-hybridized carbons (Fsp3) is 0.833. The Labute approximate surface area is 147 Å². The van der Waals surface area contributed by atoms with Gasteiger partial charge in [0.25, 0.3) is 0 Å². The van der Waals surface area contributed by atoms with Gasteiger partial charge in [0.2, 0.25) is 0 Å². The van der Waals surface area contributed by atoms with Crippen LogP contribution in [0.4, 0.5) is 0 Å². The Hall–Kier alpha value is -0.693. The van der Waals surface area contributed by atoms with E-state index in [-0.39, 0.29) is 30.0 Å². The second-order valence-corrected chi connectivity index (χ2v) is 12.8. The molecule has 6 heteroatoms. The molecule has 140 valence electrons. The normalized spacial score (nSPS) is 22.0. The predicted octanol–water partition coefficient (Wildman–Crippen LogP) is 4.34. The molecule has 1 N–H and O–H groups in total. The van der Waals surface area contributed by atoms with E-state index in [1.807, 2.05) is 0 Å². The van der Waals surface area contributed by atoms with E-state index in [1.54, 1.807) is 6.08 Å². The fourth-order valence-corrected chi connectivity index (χ4v) is 3.81. The molecular formula is C18H34O5Si. The molecule has 0 aliphatic carbocycles. The van der Waals surface area contributed by atoms with E-state index in [4.69, 9.17) is 13.9 Å². The van der Waals surface area contributed by atoms with Gasteiger partial charge >= 0.3 is 5.97 Å². The highest BCUT2D eigenvalue weighted by atomic mass is 28.4. The molecular weight excluding hydrogens is 324 g/mol. The molecule has 0 radical (unpaired) electrons. The minimum absolute atomic E-state index is 0.0221. The predicted molar refractivity (Wildman–Crippen MR) is 97.6 cm³/mol. The third-order valence-electron chi connectivity index (χ3n) is 4.89. The van der Waals surface area contributed by atoms with Crippen LogP contribution in [0.1, 0.15) is 52.9 Å². The highest BCUT2D eigenvalue weighted by Crippen LogP contribution is 2.38. The van der Waals surface area contributed by atoms with Crippen LogP contribution in [0.3, 0.4) is 0 Å². The molecule has 1 aliphatic heterocycles. The average Bonchev–Trinajstić information content (AvgIpc) is 2.45. The van der Waals surface area contributed by atoms with Crippen LogP contribution in [0.2, 0.25) is 18.1 Å². The monoisotopic (exact) mass is 358 g/mol. The van der Waals surface area contributed by atoms with Crippen molar-refractivity contribution in [2.24, 2.45) is 0 Å². The van der Waals surface area contributed by atoms with E-state index >= 15 is 0 Å².